The van der Waals surface area contributed by atoms with Crippen molar-refractivity contribution in [1.82, 2.24) is 4.57 Å². The number of rotatable bonds is 5. The summed E-state index contributed by atoms with van der Waals surface area (Å²) >= 11 is 5.86. The zero-order valence-corrected chi connectivity index (χ0v) is 11.7. The Bertz CT molecular complexity index is 669. The fraction of sp³-hybridized carbons (Fsp3) is 0.214. The van der Waals surface area contributed by atoms with Gasteiger partial charge in [-0.25, -0.2) is 0 Å². The molecule has 0 aliphatic carbocycles. The largest absolute Gasteiger partial charge is 0.344 e. The van der Waals surface area contributed by atoms with Gasteiger partial charge in [0.2, 0.25) is 0 Å². The Labute approximate surface area is 121 Å². The second-order valence-corrected chi connectivity index (χ2v) is 4.83. The highest BCUT2D eigenvalue weighted by Gasteiger charge is 2.11. The van der Waals surface area contributed by atoms with Crippen molar-refractivity contribution in [3.05, 3.63) is 68.3 Å². The fourth-order valence-electron chi connectivity index (χ4n) is 2.08. The standard InChI is InChI=1S/C14H13ClN4O/c1-10-12(9-20)6-14(7-17-18-16)19(10)8-11-2-4-13(15)5-3-11/h2-6,9H,7-8H2,1H3. The Balaban J connectivity index is 2.37. The third-order valence-electron chi connectivity index (χ3n) is 3.17. The lowest BCUT2D eigenvalue weighted by molar-refractivity contribution is 0.112. The highest BCUT2D eigenvalue weighted by atomic mass is 35.5. The Morgan fingerprint density at radius 3 is 2.70 bits per heavy atom. The van der Waals surface area contributed by atoms with E-state index in [1.54, 1.807) is 6.07 Å². The molecule has 0 N–H and O–H groups in total. The Hall–Kier alpha value is -2.23. The molecule has 0 bridgehead atoms. The number of hydrogen-bond acceptors (Lipinski definition) is 2. The maximum absolute atomic E-state index is 11.0. The van der Waals surface area contributed by atoms with Gasteiger partial charge in [-0.05, 0) is 36.2 Å². The molecule has 20 heavy (non-hydrogen) atoms. The minimum absolute atomic E-state index is 0.221. The summed E-state index contributed by atoms with van der Waals surface area (Å²) < 4.78 is 1.97. The van der Waals surface area contributed by atoms with Gasteiger partial charge in [0.1, 0.15) is 0 Å². The second-order valence-electron chi connectivity index (χ2n) is 4.40. The number of carbonyl (C=O) groups excluding carboxylic acids is 1. The molecule has 0 spiro atoms. The van der Waals surface area contributed by atoms with Crippen molar-refractivity contribution in [2.75, 3.05) is 0 Å². The van der Waals surface area contributed by atoms with Crippen LogP contribution >= 0.6 is 11.6 Å². The second kappa shape index (κ2) is 6.28. The zero-order chi connectivity index (χ0) is 14.5. The summed E-state index contributed by atoms with van der Waals surface area (Å²) in [5.74, 6) is 0. The molecular weight excluding hydrogens is 276 g/mol. The summed E-state index contributed by atoms with van der Waals surface area (Å²) in [7, 11) is 0. The molecule has 2 aromatic rings. The van der Waals surface area contributed by atoms with E-state index < -0.39 is 0 Å². The van der Waals surface area contributed by atoms with Crippen LogP contribution in [0.4, 0.5) is 0 Å². The van der Waals surface area contributed by atoms with Crippen LogP contribution < -0.4 is 0 Å². The SMILES string of the molecule is Cc1c(C=O)cc(CN=[N+]=[N-])n1Cc1ccc(Cl)cc1. The smallest absolute Gasteiger partial charge is 0.151 e. The molecule has 6 heteroatoms. The molecule has 102 valence electrons. The molecule has 5 nitrogen and oxygen atoms in total. The number of carbonyl (C=O) groups is 1. The maximum atomic E-state index is 11.0. The van der Waals surface area contributed by atoms with E-state index in [1.165, 1.54) is 0 Å². The number of azide groups is 1. The van der Waals surface area contributed by atoms with Gasteiger partial charge in [-0.2, -0.15) is 0 Å². The summed E-state index contributed by atoms with van der Waals surface area (Å²) in [6, 6.07) is 9.26. The third kappa shape index (κ3) is 3.02. The minimum atomic E-state index is 0.221. The van der Waals surface area contributed by atoms with Gasteiger partial charge in [0.25, 0.3) is 0 Å². The van der Waals surface area contributed by atoms with Crippen LogP contribution in [-0.4, -0.2) is 10.9 Å². The van der Waals surface area contributed by atoms with Crippen molar-refractivity contribution in [2.24, 2.45) is 5.11 Å². The van der Waals surface area contributed by atoms with Crippen molar-refractivity contribution in [1.29, 1.82) is 0 Å². The van der Waals surface area contributed by atoms with Crippen LogP contribution in [0.15, 0.2) is 35.4 Å². The molecule has 1 aromatic carbocycles. The first-order valence-electron chi connectivity index (χ1n) is 6.05. The number of benzene rings is 1. The van der Waals surface area contributed by atoms with E-state index in [9.17, 15) is 4.79 Å². The number of aldehydes is 1. The summed E-state index contributed by atoms with van der Waals surface area (Å²) in [6.07, 6.45) is 0.813. The molecule has 0 radical (unpaired) electrons. The van der Waals surface area contributed by atoms with Gasteiger partial charge in [0, 0.05) is 33.4 Å². The highest BCUT2D eigenvalue weighted by Crippen LogP contribution is 2.18. The predicted octanol–water partition coefficient (Wildman–Crippen LogP) is 4.12. The van der Waals surface area contributed by atoms with E-state index in [0.29, 0.717) is 17.1 Å². The molecule has 1 heterocycles. The normalized spacial score (nSPS) is 10.1. The summed E-state index contributed by atoms with van der Waals surface area (Å²) in [4.78, 5) is 13.8. The van der Waals surface area contributed by atoms with Crippen molar-refractivity contribution < 1.29 is 4.79 Å². The number of halogens is 1. The monoisotopic (exact) mass is 288 g/mol. The zero-order valence-electron chi connectivity index (χ0n) is 11.0. The lowest BCUT2D eigenvalue weighted by Crippen LogP contribution is -2.06. The Morgan fingerprint density at radius 2 is 2.10 bits per heavy atom. The lowest BCUT2D eigenvalue weighted by Gasteiger charge is -2.11. The van der Waals surface area contributed by atoms with Crippen molar-refractivity contribution in [3.8, 4) is 0 Å². The van der Waals surface area contributed by atoms with Crippen LogP contribution in [0.25, 0.3) is 10.4 Å². The van der Waals surface area contributed by atoms with Crippen LogP contribution in [0.1, 0.15) is 27.3 Å². The first-order valence-corrected chi connectivity index (χ1v) is 6.43. The van der Waals surface area contributed by atoms with Crippen LogP contribution in [0.5, 0.6) is 0 Å². The first kappa shape index (κ1) is 14.2. The fourth-order valence-corrected chi connectivity index (χ4v) is 2.21. The number of hydrogen-bond donors (Lipinski definition) is 0. The highest BCUT2D eigenvalue weighted by molar-refractivity contribution is 6.30. The van der Waals surface area contributed by atoms with E-state index in [2.05, 4.69) is 10.0 Å². The van der Waals surface area contributed by atoms with Gasteiger partial charge >= 0.3 is 0 Å². The van der Waals surface area contributed by atoms with E-state index in [0.717, 1.165) is 23.2 Å². The molecule has 0 saturated carbocycles. The molecule has 0 aliphatic rings. The van der Waals surface area contributed by atoms with Gasteiger partial charge in [-0.15, -0.1) is 0 Å². The van der Waals surface area contributed by atoms with Crippen molar-refractivity contribution in [2.45, 2.75) is 20.0 Å². The molecule has 0 unspecified atom stereocenters. The molecule has 0 amide bonds. The Kier molecular flexibility index (Phi) is 4.45. The molecule has 0 saturated heterocycles. The van der Waals surface area contributed by atoms with E-state index in [4.69, 9.17) is 17.1 Å². The molecule has 0 atom stereocenters. The quantitative estimate of drug-likeness (QED) is 0.353. The summed E-state index contributed by atoms with van der Waals surface area (Å²) in [5.41, 5.74) is 11.8. The number of aromatic nitrogens is 1. The number of nitrogens with zero attached hydrogens (tertiary/aromatic N) is 4. The molecular formula is C14H13ClN4O. The average Bonchev–Trinajstić information content (AvgIpc) is 2.75. The lowest BCUT2D eigenvalue weighted by atomic mass is 10.2. The van der Waals surface area contributed by atoms with Crippen molar-refractivity contribution in [3.63, 3.8) is 0 Å². The average molecular weight is 289 g/mol. The van der Waals surface area contributed by atoms with Crippen LogP contribution in [0.3, 0.4) is 0 Å². The molecule has 0 aliphatic heterocycles. The van der Waals surface area contributed by atoms with Crippen LogP contribution in [-0.2, 0) is 13.1 Å². The summed E-state index contributed by atoms with van der Waals surface area (Å²) in [5, 5.41) is 4.25. The van der Waals surface area contributed by atoms with Crippen LogP contribution in [0, 0.1) is 6.92 Å². The van der Waals surface area contributed by atoms with Gasteiger partial charge in [0.05, 0.1) is 6.54 Å². The predicted molar refractivity (Wildman–Crippen MR) is 78.0 cm³/mol. The molecule has 2 rings (SSSR count). The van der Waals surface area contributed by atoms with Gasteiger partial charge in [-0.3, -0.25) is 4.79 Å². The van der Waals surface area contributed by atoms with E-state index >= 15 is 0 Å². The van der Waals surface area contributed by atoms with Crippen molar-refractivity contribution >= 4 is 17.9 Å². The van der Waals surface area contributed by atoms with Gasteiger partial charge in [-0.1, -0.05) is 28.8 Å². The topological polar surface area (TPSA) is 70.8 Å². The van der Waals surface area contributed by atoms with Gasteiger partial charge in [0.15, 0.2) is 6.29 Å². The van der Waals surface area contributed by atoms with E-state index in [1.807, 2.05) is 35.8 Å². The van der Waals surface area contributed by atoms with Crippen LogP contribution in [0.2, 0.25) is 5.02 Å². The third-order valence-corrected chi connectivity index (χ3v) is 3.42. The maximum Gasteiger partial charge on any atom is 0.151 e. The first-order chi connectivity index (χ1) is 9.65. The Morgan fingerprint density at radius 1 is 1.40 bits per heavy atom. The van der Waals surface area contributed by atoms with E-state index in [-0.39, 0.29) is 6.54 Å². The van der Waals surface area contributed by atoms with Gasteiger partial charge < -0.3 is 4.57 Å². The molecule has 1 aromatic heterocycles. The molecule has 0 fully saturated rings. The summed E-state index contributed by atoms with van der Waals surface area (Å²) in [6.45, 7) is 2.70. The minimum Gasteiger partial charge on any atom is -0.344 e.